The lowest BCUT2D eigenvalue weighted by Crippen LogP contribution is -2.30. The predicted molar refractivity (Wildman–Crippen MR) is 101 cm³/mol. The molecule has 1 atom stereocenters. The van der Waals surface area contributed by atoms with Gasteiger partial charge in [0.1, 0.15) is 11.5 Å². The molecule has 138 valence electrons. The Morgan fingerprint density at radius 2 is 1.78 bits per heavy atom. The van der Waals surface area contributed by atoms with Crippen LogP contribution in [0.2, 0.25) is 5.02 Å². The van der Waals surface area contributed by atoms with Crippen molar-refractivity contribution in [2.24, 2.45) is 0 Å². The molecule has 1 N–H and O–H groups in total. The molecule has 3 rings (SSSR count). The molecule has 27 heavy (non-hydrogen) atoms. The Balaban J connectivity index is 1.59. The van der Waals surface area contributed by atoms with Gasteiger partial charge in [-0.05, 0) is 49.4 Å². The van der Waals surface area contributed by atoms with Gasteiger partial charge in [0, 0.05) is 11.9 Å². The van der Waals surface area contributed by atoms with Crippen LogP contribution in [0.4, 0.5) is 10.1 Å². The number of amides is 1. The Labute approximate surface area is 160 Å². The third-order valence-corrected chi connectivity index (χ3v) is 3.74. The minimum Gasteiger partial charge on any atom is -0.481 e. The highest BCUT2D eigenvalue weighted by Crippen LogP contribution is 2.26. The first-order chi connectivity index (χ1) is 13.0. The standard InChI is InChI=1S/C20H16ClFN2O3/c1-13(19(25)24-15-5-3-2-4-6-15)26-16-7-9-17(10-8-16)27-20-18(22)11-14(21)12-23-20/h2-13H,1H3,(H,24,25)/t13-/m1/s1. The van der Waals surface area contributed by atoms with Crippen LogP contribution in [-0.4, -0.2) is 17.0 Å². The average Bonchev–Trinajstić information content (AvgIpc) is 2.66. The van der Waals surface area contributed by atoms with Crippen LogP contribution in [-0.2, 0) is 4.79 Å². The first-order valence-electron chi connectivity index (χ1n) is 8.13. The fourth-order valence-corrected chi connectivity index (χ4v) is 2.34. The molecule has 0 saturated heterocycles. The second-order valence-electron chi connectivity index (χ2n) is 5.63. The molecular formula is C20H16ClFN2O3. The second kappa shape index (κ2) is 8.51. The van der Waals surface area contributed by atoms with E-state index in [0.29, 0.717) is 17.2 Å². The second-order valence-corrected chi connectivity index (χ2v) is 6.07. The van der Waals surface area contributed by atoms with Gasteiger partial charge in [-0.1, -0.05) is 29.8 Å². The minimum absolute atomic E-state index is 0.177. The highest BCUT2D eigenvalue weighted by Gasteiger charge is 2.15. The maximum absolute atomic E-state index is 13.7. The molecule has 2 aromatic carbocycles. The van der Waals surface area contributed by atoms with Gasteiger partial charge in [-0.2, -0.15) is 0 Å². The molecule has 0 aliphatic rings. The number of carbonyl (C=O) groups is 1. The topological polar surface area (TPSA) is 60.5 Å². The molecule has 0 saturated carbocycles. The highest BCUT2D eigenvalue weighted by atomic mass is 35.5. The van der Waals surface area contributed by atoms with Crippen molar-refractivity contribution in [2.75, 3.05) is 5.32 Å². The summed E-state index contributed by atoms with van der Waals surface area (Å²) in [5, 5.41) is 2.95. The van der Waals surface area contributed by atoms with Crippen molar-refractivity contribution in [1.82, 2.24) is 4.98 Å². The number of carbonyl (C=O) groups excluding carboxylic acids is 1. The molecule has 0 spiro atoms. The lowest BCUT2D eigenvalue weighted by molar-refractivity contribution is -0.122. The van der Waals surface area contributed by atoms with E-state index in [1.807, 2.05) is 18.2 Å². The number of ether oxygens (including phenoxy) is 2. The number of halogens is 2. The zero-order valence-electron chi connectivity index (χ0n) is 14.4. The molecule has 3 aromatic rings. The quantitative estimate of drug-likeness (QED) is 0.642. The predicted octanol–water partition coefficient (Wildman–Crippen LogP) is 5.07. The van der Waals surface area contributed by atoms with Crippen molar-refractivity contribution in [1.29, 1.82) is 0 Å². The summed E-state index contributed by atoms with van der Waals surface area (Å²) in [7, 11) is 0. The van der Waals surface area contributed by atoms with Crippen molar-refractivity contribution >= 4 is 23.2 Å². The number of nitrogens with zero attached hydrogens (tertiary/aromatic N) is 1. The number of benzene rings is 2. The number of anilines is 1. The molecule has 7 heteroatoms. The largest absolute Gasteiger partial charge is 0.481 e. The average molecular weight is 387 g/mol. The van der Waals surface area contributed by atoms with Crippen molar-refractivity contribution in [2.45, 2.75) is 13.0 Å². The lowest BCUT2D eigenvalue weighted by Gasteiger charge is -2.15. The van der Waals surface area contributed by atoms with E-state index in [-0.39, 0.29) is 16.8 Å². The van der Waals surface area contributed by atoms with E-state index in [2.05, 4.69) is 10.3 Å². The number of pyridine rings is 1. The summed E-state index contributed by atoms with van der Waals surface area (Å²) < 4.78 is 24.7. The van der Waals surface area contributed by atoms with Crippen LogP contribution in [0, 0.1) is 5.82 Å². The van der Waals surface area contributed by atoms with Crippen LogP contribution >= 0.6 is 11.6 Å². The molecule has 0 radical (unpaired) electrons. The van der Waals surface area contributed by atoms with E-state index in [9.17, 15) is 9.18 Å². The van der Waals surface area contributed by atoms with Crippen molar-refractivity contribution in [3.05, 3.63) is 77.7 Å². The van der Waals surface area contributed by atoms with E-state index in [4.69, 9.17) is 21.1 Å². The van der Waals surface area contributed by atoms with Crippen molar-refractivity contribution in [3.8, 4) is 17.4 Å². The Morgan fingerprint density at radius 1 is 1.11 bits per heavy atom. The Morgan fingerprint density at radius 3 is 2.44 bits per heavy atom. The van der Waals surface area contributed by atoms with Gasteiger partial charge in [0.15, 0.2) is 11.9 Å². The fourth-order valence-electron chi connectivity index (χ4n) is 2.20. The molecule has 0 unspecified atom stereocenters. The fraction of sp³-hybridized carbons (Fsp3) is 0.100. The Bertz CT molecular complexity index is 920. The van der Waals surface area contributed by atoms with Crippen LogP contribution in [0.15, 0.2) is 66.9 Å². The Kier molecular flexibility index (Phi) is 5.88. The lowest BCUT2D eigenvalue weighted by atomic mass is 10.3. The van der Waals surface area contributed by atoms with E-state index < -0.39 is 11.9 Å². The first kappa shape index (κ1) is 18.7. The van der Waals surface area contributed by atoms with E-state index in [0.717, 1.165) is 6.07 Å². The monoisotopic (exact) mass is 386 g/mol. The highest BCUT2D eigenvalue weighted by molar-refractivity contribution is 6.30. The summed E-state index contributed by atoms with van der Waals surface area (Å²) in [5.74, 6) is -0.258. The van der Waals surface area contributed by atoms with Gasteiger partial charge in [0.05, 0.1) is 5.02 Å². The Hall–Kier alpha value is -3.12. The summed E-state index contributed by atoms with van der Waals surface area (Å²) in [6, 6.07) is 16.7. The number of para-hydroxylation sites is 1. The van der Waals surface area contributed by atoms with Gasteiger partial charge >= 0.3 is 0 Å². The van der Waals surface area contributed by atoms with Crippen LogP contribution in [0.3, 0.4) is 0 Å². The smallest absolute Gasteiger partial charge is 0.265 e. The summed E-state index contributed by atoms with van der Waals surface area (Å²) in [4.78, 5) is 16.0. The summed E-state index contributed by atoms with van der Waals surface area (Å²) in [5.41, 5.74) is 0.694. The molecule has 0 aliphatic carbocycles. The SMILES string of the molecule is C[C@@H](Oc1ccc(Oc2ncc(Cl)cc2F)cc1)C(=O)Nc1ccccc1. The van der Waals surface area contributed by atoms with Crippen LogP contribution in [0.5, 0.6) is 17.4 Å². The zero-order valence-corrected chi connectivity index (χ0v) is 15.1. The van der Waals surface area contributed by atoms with Gasteiger partial charge < -0.3 is 14.8 Å². The molecule has 0 fully saturated rings. The van der Waals surface area contributed by atoms with Crippen molar-refractivity contribution in [3.63, 3.8) is 0 Å². The number of hydrogen-bond donors (Lipinski definition) is 1. The maximum atomic E-state index is 13.7. The van der Waals surface area contributed by atoms with Gasteiger partial charge in [0.2, 0.25) is 0 Å². The molecule has 1 aromatic heterocycles. The number of rotatable bonds is 6. The molecule has 5 nitrogen and oxygen atoms in total. The molecular weight excluding hydrogens is 371 g/mol. The molecule has 0 bridgehead atoms. The third-order valence-electron chi connectivity index (χ3n) is 3.54. The molecule has 1 amide bonds. The number of nitrogens with one attached hydrogen (secondary N) is 1. The first-order valence-corrected chi connectivity index (χ1v) is 8.50. The molecule has 0 aliphatic heterocycles. The summed E-state index contributed by atoms with van der Waals surface area (Å²) in [6.07, 6.45) is 0.595. The minimum atomic E-state index is -0.702. The van der Waals surface area contributed by atoms with Gasteiger partial charge in [-0.3, -0.25) is 4.79 Å². The van der Waals surface area contributed by atoms with E-state index >= 15 is 0 Å². The van der Waals surface area contributed by atoms with Crippen LogP contribution in [0.25, 0.3) is 0 Å². The van der Waals surface area contributed by atoms with Crippen LogP contribution in [0.1, 0.15) is 6.92 Å². The van der Waals surface area contributed by atoms with E-state index in [1.54, 1.807) is 43.3 Å². The van der Waals surface area contributed by atoms with Gasteiger partial charge in [0.25, 0.3) is 11.8 Å². The zero-order chi connectivity index (χ0) is 19.2. The third kappa shape index (κ3) is 5.18. The van der Waals surface area contributed by atoms with Crippen molar-refractivity contribution < 1.29 is 18.7 Å². The molecule has 1 heterocycles. The summed E-state index contributed by atoms with van der Waals surface area (Å²) >= 11 is 5.66. The van der Waals surface area contributed by atoms with E-state index in [1.165, 1.54) is 6.20 Å². The number of hydrogen-bond acceptors (Lipinski definition) is 4. The van der Waals surface area contributed by atoms with Gasteiger partial charge in [-0.15, -0.1) is 0 Å². The normalized spacial score (nSPS) is 11.5. The maximum Gasteiger partial charge on any atom is 0.265 e. The summed E-state index contributed by atoms with van der Waals surface area (Å²) in [6.45, 7) is 1.65. The number of aromatic nitrogens is 1. The van der Waals surface area contributed by atoms with Gasteiger partial charge in [-0.25, -0.2) is 9.37 Å². The van der Waals surface area contributed by atoms with Crippen LogP contribution < -0.4 is 14.8 Å².